The summed E-state index contributed by atoms with van der Waals surface area (Å²) in [6, 6.07) is 8.55. The van der Waals surface area contributed by atoms with Gasteiger partial charge >= 0.3 is 0 Å². The standard InChI is InChI=1S/C13H13NO2S/c1-8-7-10(9(2)17-8)13(16)14-11-5-3-4-6-12(11)15/h3-7,15H,1-2H3,(H,14,16). The van der Waals surface area contributed by atoms with E-state index in [-0.39, 0.29) is 11.7 Å². The van der Waals surface area contributed by atoms with E-state index in [1.165, 1.54) is 0 Å². The highest BCUT2D eigenvalue weighted by atomic mass is 32.1. The fourth-order valence-electron chi connectivity index (χ4n) is 1.63. The number of nitrogens with one attached hydrogen (secondary N) is 1. The van der Waals surface area contributed by atoms with Crippen molar-refractivity contribution in [3.8, 4) is 5.75 Å². The van der Waals surface area contributed by atoms with Crippen molar-refractivity contribution in [2.24, 2.45) is 0 Å². The maximum Gasteiger partial charge on any atom is 0.256 e. The number of carbonyl (C=O) groups excluding carboxylic acids is 1. The van der Waals surface area contributed by atoms with Crippen LogP contribution in [0.15, 0.2) is 30.3 Å². The molecule has 1 heterocycles. The summed E-state index contributed by atoms with van der Waals surface area (Å²) in [4.78, 5) is 14.1. The summed E-state index contributed by atoms with van der Waals surface area (Å²) in [6.07, 6.45) is 0. The van der Waals surface area contributed by atoms with E-state index in [2.05, 4.69) is 5.32 Å². The molecule has 0 fully saturated rings. The quantitative estimate of drug-likeness (QED) is 0.800. The van der Waals surface area contributed by atoms with Crippen LogP contribution in [-0.4, -0.2) is 11.0 Å². The third-order valence-electron chi connectivity index (χ3n) is 2.44. The van der Waals surface area contributed by atoms with Gasteiger partial charge in [-0.15, -0.1) is 11.3 Å². The van der Waals surface area contributed by atoms with Gasteiger partial charge in [0.2, 0.25) is 0 Å². The minimum atomic E-state index is -0.187. The number of phenols is 1. The number of aryl methyl sites for hydroxylation is 2. The lowest BCUT2D eigenvalue weighted by Crippen LogP contribution is -2.11. The van der Waals surface area contributed by atoms with E-state index in [0.29, 0.717) is 11.3 Å². The highest BCUT2D eigenvalue weighted by molar-refractivity contribution is 7.12. The van der Waals surface area contributed by atoms with Gasteiger partial charge in [-0.1, -0.05) is 12.1 Å². The van der Waals surface area contributed by atoms with Crippen molar-refractivity contribution in [1.29, 1.82) is 0 Å². The van der Waals surface area contributed by atoms with Gasteiger partial charge in [-0.2, -0.15) is 0 Å². The second-order valence-electron chi connectivity index (χ2n) is 3.80. The number of rotatable bonds is 2. The van der Waals surface area contributed by atoms with Crippen LogP contribution in [0.3, 0.4) is 0 Å². The van der Waals surface area contributed by atoms with Crippen LogP contribution >= 0.6 is 11.3 Å². The molecule has 0 atom stereocenters. The highest BCUT2D eigenvalue weighted by Crippen LogP contribution is 2.25. The molecule has 2 N–H and O–H groups in total. The number of aromatic hydroxyl groups is 1. The Morgan fingerprint density at radius 1 is 1.29 bits per heavy atom. The van der Waals surface area contributed by atoms with Gasteiger partial charge < -0.3 is 10.4 Å². The number of hydrogen-bond donors (Lipinski definition) is 2. The Hall–Kier alpha value is -1.81. The smallest absolute Gasteiger partial charge is 0.256 e. The molecule has 0 aliphatic heterocycles. The Balaban J connectivity index is 2.23. The summed E-state index contributed by atoms with van der Waals surface area (Å²) in [6.45, 7) is 3.88. The summed E-state index contributed by atoms with van der Waals surface area (Å²) in [7, 11) is 0. The lowest BCUT2D eigenvalue weighted by Gasteiger charge is -2.06. The third kappa shape index (κ3) is 2.47. The van der Waals surface area contributed by atoms with Gasteiger partial charge in [0, 0.05) is 9.75 Å². The number of anilines is 1. The maximum atomic E-state index is 12.0. The molecule has 88 valence electrons. The molecule has 1 aromatic carbocycles. The number of phenolic OH excluding ortho intramolecular Hbond substituents is 1. The average Bonchev–Trinajstić information content (AvgIpc) is 2.61. The molecule has 0 saturated heterocycles. The number of hydrogen-bond acceptors (Lipinski definition) is 3. The summed E-state index contributed by atoms with van der Waals surface area (Å²) in [5.41, 5.74) is 1.09. The van der Waals surface area contributed by atoms with E-state index in [1.54, 1.807) is 35.6 Å². The summed E-state index contributed by atoms with van der Waals surface area (Å²) in [5.74, 6) is -0.112. The van der Waals surface area contributed by atoms with Crippen molar-refractivity contribution in [2.45, 2.75) is 13.8 Å². The molecule has 1 aromatic heterocycles. The number of amides is 1. The first-order chi connectivity index (χ1) is 8.08. The minimum absolute atomic E-state index is 0.0745. The number of carbonyl (C=O) groups is 1. The summed E-state index contributed by atoms with van der Waals surface area (Å²) < 4.78 is 0. The first kappa shape index (κ1) is 11.7. The van der Waals surface area contributed by atoms with Crippen molar-refractivity contribution in [3.63, 3.8) is 0 Å². The first-order valence-corrected chi connectivity index (χ1v) is 6.06. The van der Waals surface area contributed by atoms with Crippen LogP contribution in [-0.2, 0) is 0 Å². The van der Waals surface area contributed by atoms with Gasteiger partial charge in [0.05, 0.1) is 11.3 Å². The Bertz CT molecular complexity index is 560. The predicted molar refractivity (Wildman–Crippen MR) is 69.9 cm³/mol. The van der Waals surface area contributed by atoms with Gasteiger partial charge in [-0.3, -0.25) is 4.79 Å². The van der Waals surface area contributed by atoms with Crippen LogP contribution in [0.25, 0.3) is 0 Å². The van der Waals surface area contributed by atoms with Gasteiger partial charge in [0.1, 0.15) is 5.75 Å². The normalized spacial score (nSPS) is 10.2. The van der Waals surface area contributed by atoms with Crippen molar-refractivity contribution in [3.05, 3.63) is 45.6 Å². The molecule has 0 saturated carbocycles. The average molecular weight is 247 g/mol. The van der Waals surface area contributed by atoms with Crippen molar-refractivity contribution >= 4 is 22.9 Å². The molecule has 0 aliphatic carbocycles. The monoisotopic (exact) mass is 247 g/mol. The van der Waals surface area contributed by atoms with Crippen molar-refractivity contribution in [2.75, 3.05) is 5.32 Å². The molecular weight excluding hydrogens is 234 g/mol. The second-order valence-corrected chi connectivity index (χ2v) is 5.26. The number of para-hydroxylation sites is 2. The fraction of sp³-hybridized carbons (Fsp3) is 0.154. The van der Waals surface area contributed by atoms with Crippen LogP contribution in [0.4, 0.5) is 5.69 Å². The Labute approximate surface area is 104 Å². The zero-order chi connectivity index (χ0) is 12.4. The molecule has 0 spiro atoms. The first-order valence-electron chi connectivity index (χ1n) is 5.24. The van der Waals surface area contributed by atoms with Crippen LogP contribution < -0.4 is 5.32 Å². The number of thiophene rings is 1. The Morgan fingerprint density at radius 3 is 2.59 bits per heavy atom. The van der Waals surface area contributed by atoms with Gasteiger partial charge in [0.15, 0.2) is 0 Å². The molecule has 0 aliphatic rings. The predicted octanol–water partition coefficient (Wildman–Crippen LogP) is 3.32. The largest absolute Gasteiger partial charge is 0.506 e. The molecule has 0 radical (unpaired) electrons. The zero-order valence-corrected chi connectivity index (χ0v) is 10.5. The van der Waals surface area contributed by atoms with E-state index in [4.69, 9.17) is 0 Å². The second kappa shape index (κ2) is 4.59. The van der Waals surface area contributed by atoms with Crippen LogP contribution in [0.5, 0.6) is 5.75 Å². The Morgan fingerprint density at radius 2 is 2.00 bits per heavy atom. The molecular formula is C13H13NO2S. The molecule has 1 amide bonds. The maximum absolute atomic E-state index is 12.0. The van der Waals surface area contributed by atoms with E-state index >= 15 is 0 Å². The molecule has 3 nitrogen and oxygen atoms in total. The highest BCUT2D eigenvalue weighted by Gasteiger charge is 2.13. The van der Waals surface area contributed by atoms with E-state index in [9.17, 15) is 9.90 Å². The zero-order valence-electron chi connectivity index (χ0n) is 9.65. The minimum Gasteiger partial charge on any atom is -0.506 e. The van der Waals surface area contributed by atoms with Gasteiger partial charge in [0.25, 0.3) is 5.91 Å². The number of benzene rings is 1. The van der Waals surface area contributed by atoms with E-state index < -0.39 is 0 Å². The van der Waals surface area contributed by atoms with Crippen LogP contribution in [0, 0.1) is 13.8 Å². The van der Waals surface area contributed by atoms with Crippen LogP contribution in [0.1, 0.15) is 20.1 Å². The van der Waals surface area contributed by atoms with E-state index in [0.717, 1.165) is 9.75 Å². The molecule has 0 bridgehead atoms. The lowest BCUT2D eigenvalue weighted by molar-refractivity contribution is 0.102. The Kier molecular flexibility index (Phi) is 3.15. The van der Waals surface area contributed by atoms with Crippen molar-refractivity contribution in [1.82, 2.24) is 0 Å². The molecule has 2 rings (SSSR count). The molecule has 2 aromatic rings. The topological polar surface area (TPSA) is 49.3 Å². The summed E-state index contributed by atoms with van der Waals surface area (Å²) in [5, 5.41) is 12.3. The van der Waals surface area contributed by atoms with Gasteiger partial charge in [-0.25, -0.2) is 0 Å². The van der Waals surface area contributed by atoms with E-state index in [1.807, 2.05) is 19.9 Å². The molecule has 17 heavy (non-hydrogen) atoms. The lowest BCUT2D eigenvalue weighted by atomic mass is 10.2. The van der Waals surface area contributed by atoms with Crippen LogP contribution in [0.2, 0.25) is 0 Å². The fourth-order valence-corrected chi connectivity index (χ4v) is 2.55. The third-order valence-corrected chi connectivity index (χ3v) is 3.40. The molecule has 0 unspecified atom stereocenters. The molecule has 4 heteroatoms. The van der Waals surface area contributed by atoms with Gasteiger partial charge in [-0.05, 0) is 32.0 Å². The van der Waals surface area contributed by atoms with Crippen molar-refractivity contribution < 1.29 is 9.90 Å². The summed E-state index contributed by atoms with van der Waals surface area (Å²) >= 11 is 1.59. The SMILES string of the molecule is Cc1cc(C(=O)Nc2ccccc2O)c(C)s1.